The zero-order valence-electron chi connectivity index (χ0n) is 14.7. The molecular formula is C21H21BrN2O2. The van der Waals surface area contributed by atoms with Gasteiger partial charge in [-0.3, -0.25) is 4.90 Å². The van der Waals surface area contributed by atoms with Gasteiger partial charge in [0.2, 0.25) is 0 Å². The number of halogens is 1. The maximum Gasteiger partial charge on any atom is 0.120 e. The van der Waals surface area contributed by atoms with E-state index in [0.29, 0.717) is 6.04 Å². The van der Waals surface area contributed by atoms with Crippen molar-refractivity contribution < 1.29 is 9.84 Å². The minimum Gasteiger partial charge on any atom is -0.497 e. The number of aromatic nitrogens is 1. The van der Waals surface area contributed by atoms with Gasteiger partial charge < -0.3 is 14.4 Å². The highest BCUT2D eigenvalue weighted by molar-refractivity contribution is 9.10. The number of fused-ring (bicyclic) bond motifs is 6. The van der Waals surface area contributed by atoms with Gasteiger partial charge in [0.1, 0.15) is 12.5 Å². The van der Waals surface area contributed by atoms with Gasteiger partial charge in [0.05, 0.1) is 12.6 Å². The molecule has 1 unspecified atom stereocenters. The second-order valence-electron chi connectivity index (χ2n) is 7.16. The van der Waals surface area contributed by atoms with Gasteiger partial charge in [-0.25, -0.2) is 0 Å². The maximum atomic E-state index is 9.99. The Morgan fingerprint density at radius 2 is 2.12 bits per heavy atom. The number of ether oxygens (including phenoxy) is 1. The van der Waals surface area contributed by atoms with Gasteiger partial charge in [-0.2, -0.15) is 0 Å². The summed E-state index contributed by atoms with van der Waals surface area (Å²) in [5.41, 5.74) is 6.56. The summed E-state index contributed by atoms with van der Waals surface area (Å²) in [7, 11) is 1.73. The van der Waals surface area contributed by atoms with Crippen molar-refractivity contribution in [3.8, 4) is 5.75 Å². The van der Waals surface area contributed by atoms with E-state index in [4.69, 9.17) is 4.74 Å². The third kappa shape index (κ3) is 2.34. The molecule has 0 aliphatic carbocycles. The summed E-state index contributed by atoms with van der Waals surface area (Å²) in [6.07, 6.45) is 2.03. The topological polar surface area (TPSA) is 37.6 Å². The Bertz CT molecular complexity index is 1010. The molecule has 5 heteroatoms. The summed E-state index contributed by atoms with van der Waals surface area (Å²) < 4.78 is 8.62. The SMILES string of the molecule is COc1ccc2c(c1)C1Cc3c(n(CO)c4ccc(Br)cc34)CN1CC2. The quantitative estimate of drug-likeness (QED) is 0.690. The van der Waals surface area contributed by atoms with Crippen LogP contribution in [-0.2, 0) is 26.1 Å². The number of nitrogens with zero attached hydrogens (tertiary/aromatic N) is 2. The summed E-state index contributed by atoms with van der Waals surface area (Å²) in [5, 5.41) is 11.2. The minimum absolute atomic E-state index is 0.0242. The van der Waals surface area contributed by atoms with Crippen molar-refractivity contribution in [2.75, 3.05) is 13.7 Å². The molecule has 0 saturated carbocycles. The van der Waals surface area contributed by atoms with Crippen molar-refractivity contribution in [3.05, 3.63) is 63.3 Å². The fourth-order valence-corrected chi connectivity index (χ4v) is 5.05. The Morgan fingerprint density at radius 1 is 1.23 bits per heavy atom. The normalized spacial score (nSPS) is 19.1. The number of aliphatic hydroxyl groups is 1. The average Bonchev–Trinajstić information content (AvgIpc) is 2.97. The number of rotatable bonds is 2. The van der Waals surface area contributed by atoms with Gasteiger partial charge in [-0.1, -0.05) is 22.0 Å². The zero-order valence-corrected chi connectivity index (χ0v) is 16.3. The third-order valence-corrected chi connectivity index (χ3v) is 6.45. The largest absolute Gasteiger partial charge is 0.497 e. The van der Waals surface area contributed by atoms with Crippen LogP contribution in [0.2, 0.25) is 0 Å². The highest BCUT2D eigenvalue weighted by Crippen LogP contribution is 2.42. The molecule has 26 heavy (non-hydrogen) atoms. The lowest BCUT2D eigenvalue weighted by Crippen LogP contribution is -2.39. The highest BCUT2D eigenvalue weighted by Gasteiger charge is 2.35. The predicted molar refractivity (Wildman–Crippen MR) is 105 cm³/mol. The van der Waals surface area contributed by atoms with Crippen molar-refractivity contribution in [1.29, 1.82) is 0 Å². The molecule has 0 spiro atoms. The summed E-state index contributed by atoms with van der Waals surface area (Å²) in [6, 6.07) is 13.2. The van der Waals surface area contributed by atoms with Crippen molar-refractivity contribution >= 4 is 26.8 Å². The molecule has 0 bridgehead atoms. The van der Waals surface area contributed by atoms with E-state index < -0.39 is 0 Å². The first-order valence-electron chi connectivity index (χ1n) is 9.01. The molecule has 134 valence electrons. The molecular weight excluding hydrogens is 392 g/mol. The maximum absolute atomic E-state index is 9.99. The van der Waals surface area contributed by atoms with E-state index in [1.54, 1.807) is 7.11 Å². The molecule has 0 saturated heterocycles. The van der Waals surface area contributed by atoms with E-state index in [1.165, 1.54) is 27.8 Å². The standard InChI is InChI=1S/C21H21BrN2O2/c1-26-15-4-2-13-6-7-23-11-21-18(10-20(23)16(13)9-15)17-8-14(22)3-5-19(17)24(21)12-25/h2-5,8-9,20,25H,6-7,10-12H2,1H3. The predicted octanol–water partition coefficient (Wildman–Crippen LogP) is 4.02. The van der Waals surface area contributed by atoms with Gasteiger partial charge in [0, 0.05) is 34.7 Å². The molecule has 0 fully saturated rings. The monoisotopic (exact) mass is 412 g/mol. The Kier molecular flexibility index (Phi) is 3.85. The molecule has 1 aromatic heterocycles. The first-order chi connectivity index (χ1) is 12.7. The number of methoxy groups -OCH3 is 1. The fraction of sp³-hybridized carbons (Fsp3) is 0.333. The Hall–Kier alpha value is -1.82. The van der Waals surface area contributed by atoms with Crippen LogP contribution in [0.3, 0.4) is 0 Å². The van der Waals surface area contributed by atoms with E-state index in [2.05, 4.69) is 55.7 Å². The molecule has 0 radical (unpaired) electrons. The summed E-state index contributed by atoms with van der Waals surface area (Å²) in [5.74, 6) is 0.928. The molecule has 1 N–H and O–H groups in total. The molecule has 2 aliphatic rings. The summed E-state index contributed by atoms with van der Waals surface area (Å²) >= 11 is 3.61. The molecule has 2 aliphatic heterocycles. The van der Waals surface area contributed by atoms with Crippen LogP contribution in [0.4, 0.5) is 0 Å². The Morgan fingerprint density at radius 3 is 2.92 bits per heavy atom. The van der Waals surface area contributed by atoms with Crippen molar-refractivity contribution in [2.45, 2.75) is 32.2 Å². The third-order valence-electron chi connectivity index (χ3n) is 5.96. The van der Waals surface area contributed by atoms with Crippen molar-refractivity contribution in [3.63, 3.8) is 0 Å². The van der Waals surface area contributed by atoms with E-state index in [1.807, 2.05) is 6.07 Å². The van der Waals surface area contributed by atoms with Crippen LogP contribution in [0.15, 0.2) is 40.9 Å². The van der Waals surface area contributed by atoms with Gasteiger partial charge in [-0.05, 0) is 59.9 Å². The van der Waals surface area contributed by atoms with Crippen molar-refractivity contribution in [2.24, 2.45) is 0 Å². The lowest BCUT2D eigenvalue weighted by Gasteiger charge is -2.41. The first kappa shape index (κ1) is 16.4. The van der Waals surface area contributed by atoms with Gasteiger partial charge in [-0.15, -0.1) is 0 Å². The van der Waals surface area contributed by atoms with Gasteiger partial charge in [0.15, 0.2) is 0 Å². The van der Waals surface area contributed by atoms with Crippen LogP contribution in [-0.4, -0.2) is 28.2 Å². The second kappa shape index (κ2) is 6.12. The highest BCUT2D eigenvalue weighted by atomic mass is 79.9. The number of hydrogen-bond acceptors (Lipinski definition) is 3. The van der Waals surface area contributed by atoms with Crippen LogP contribution < -0.4 is 4.74 Å². The Balaban J connectivity index is 1.67. The zero-order chi connectivity index (χ0) is 17.8. The lowest BCUT2D eigenvalue weighted by atomic mass is 9.85. The molecule has 5 rings (SSSR count). The van der Waals surface area contributed by atoms with Gasteiger partial charge >= 0.3 is 0 Å². The smallest absolute Gasteiger partial charge is 0.120 e. The van der Waals surface area contributed by atoms with Crippen LogP contribution in [0.1, 0.15) is 28.4 Å². The van der Waals surface area contributed by atoms with Crippen LogP contribution in [0.5, 0.6) is 5.75 Å². The molecule has 3 heterocycles. The van der Waals surface area contributed by atoms with Crippen LogP contribution in [0.25, 0.3) is 10.9 Å². The van der Waals surface area contributed by atoms with Crippen molar-refractivity contribution in [1.82, 2.24) is 9.47 Å². The van der Waals surface area contributed by atoms with Crippen LogP contribution >= 0.6 is 15.9 Å². The van der Waals surface area contributed by atoms with E-state index in [-0.39, 0.29) is 6.73 Å². The average molecular weight is 413 g/mol. The molecule has 4 nitrogen and oxygen atoms in total. The number of benzene rings is 2. The lowest BCUT2D eigenvalue weighted by molar-refractivity contribution is 0.146. The van der Waals surface area contributed by atoms with Crippen LogP contribution in [0, 0.1) is 0 Å². The van der Waals surface area contributed by atoms with E-state index >= 15 is 0 Å². The van der Waals surface area contributed by atoms with Gasteiger partial charge in [0.25, 0.3) is 0 Å². The molecule has 0 amide bonds. The summed E-state index contributed by atoms with van der Waals surface area (Å²) in [4.78, 5) is 2.55. The van der Waals surface area contributed by atoms with E-state index in [9.17, 15) is 5.11 Å². The van der Waals surface area contributed by atoms with E-state index in [0.717, 1.165) is 41.7 Å². The summed E-state index contributed by atoms with van der Waals surface area (Å²) in [6.45, 7) is 1.96. The molecule has 1 atom stereocenters. The second-order valence-corrected chi connectivity index (χ2v) is 8.08. The Labute approximate surface area is 161 Å². The minimum atomic E-state index is 0.0242. The first-order valence-corrected chi connectivity index (χ1v) is 9.80. The number of hydrogen-bond donors (Lipinski definition) is 1. The fourth-order valence-electron chi connectivity index (χ4n) is 4.69. The molecule has 2 aromatic carbocycles. The molecule has 3 aromatic rings. The number of aliphatic hydroxyl groups excluding tert-OH is 1.